The van der Waals surface area contributed by atoms with Crippen molar-refractivity contribution >= 4 is 23.0 Å². The van der Waals surface area contributed by atoms with E-state index in [1.54, 1.807) is 24.3 Å². The van der Waals surface area contributed by atoms with Crippen molar-refractivity contribution in [3.8, 4) is 5.75 Å². The maximum absolute atomic E-state index is 12.3. The van der Waals surface area contributed by atoms with Crippen LogP contribution in [0.3, 0.4) is 0 Å². The number of hydrogen-bond donors (Lipinski definition) is 1. The number of carbonyl (C=O) groups is 1. The van der Waals surface area contributed by atoms with E-state index in [4.69, 9.17) is 4.74 Å². The van der Waals surface area contributed by atoms with E-state index in [2.05, 4.69) is 12.2 Å². The summed E-state index contributed by atoms with van der Waals surface area (Å²) in [5.74, 6) is -0.0134. The molecule has 0 aliphatic carbocycles. The van der Waals surface area contributed by atoms with Crippen LogP contribution in [0.5, 0.6) is 5.75 Å². The SMILES string of the molecule is CCCCCCOc1ccc(NC(=O)c2cc([N+](=O)[O-])cc([N+](=O)[O-])c2)cc1. The summed E-state index contributed by atoms with van der Waals surface area (Å²) in [6.07, 6.45) is 4.41. The van der Waals surface area contributed by atoms with Gasteiger partial charge in [-0.25, -0.2) is 0 Å². The third-order valence-corrected chi connectivity index (χ3v) is 3.97. The van der Waals surface area contributed by atoms with Crippen LogP contribution in [-0.2, 0) is 0 Å². The maximum atomic E-state index is 12.3. The molecular weight excluding hydrogens is 366 g/mol. The molecule has 0 aliphatic rings. The lowest BCUT2D eigenvalue weighted by molar-refractivity contribution is -0.394. The van der Waals surface area contributed by atoms with Gasteiger partial charge >= 0.3 is 0 Å². The van der Waals surface area contributed by atoms with Crippen LogP contribution in [0.15, 0.2) is 42.5 Å². The van der Waals surface area contributed by atoms with E-state index in [9.17, 15) is 25.0 Å². The molecule has 0 saturated carbocycles. The molecule has 0 radical (unpaired) electrons. The zero-order valence-electron chi connectivity index (χ0n) is 15.4. The number of unbranched alkanes of at least 4 members (excludes halogenated alkanes) is 3. The lowest BCUT2D eigenvalue weighted by Crippen LogP contribution is -2.12. The van der Waals surface area contributed by atoms with Crippen LogP contribution < -0.4 is 10.1 Å². The molecule has 0 atom stereocenters. The predicted octanol–water partition coefficient (Wildman–Crippen LogP) is 4.71. The molecule has 2 aromatic carbocycles. The van der Waals surface area contributed by atoms with Gasteiger partial charge in [-0.05, 0) is 30.7 Å². The fourth-order valence-corrected chi connectivity index (χ4v) is 2.49. The first-order valence-corrected chi connectivity index (χ1v) is 8.88. The number of anilines is 1. The molecule has 0 aromatic heterocycles. The van der Waals surface area contributed by atoms with E-state index in [0.717, 1.165) is 37.5 Å². The average Bonchev–Trinajstić information content (AvgIpc) is 2.68. The maximum Gasteiger partial charge on any atom is 0.277 e. The number of rotatable bonds is 10. The van der Waals surface area contributed by atoms with Crippen molar-refractivity contribution in [3.05, 3.63) is 68.3 Å². The summed E-state index contributed by atoms with van der Waals surface area (Å²) in [5.41, 5.74) is -0.771. The predicted molar refractivity (Wildman–Crippen MR) is 104 cm³/mol. The van der Waals surface area contributed by atoms with E-state index in [1.165, 1.54) is 6.42 Å². The van der Waals surface area contributed by atoms with Crippen molar-refractivity contribution in [3.63, 3.8) is 0 Å². The van der Waals surface area contributed by atoms with E-state index in [-0.39, 0.29) is 5.56 Å². The topological polar surface area (TPSA) is 125 Å². The van der Waals surface area contributed by atoms with Gasteiger partial charge in [0.25, 0.3) is 17.3 Å². The minimum absolute atomic E-state index is 0.169. The van der Waals surface area contributed by atoms with Gasteiger partial charge in [-0.1, -0.05) is 26.2 Å². The first-order chi connectivity index (χ1) is 13.4. The van der Waals surface area contributed by atoms with Gasteiger partial charge < -0.3 is 10.1 Å². The van der Waals surface area contributed by atoms with Crippen molar-refractivity contribution in [2.24, 2.45) is 0 Å². The van der Waals surface area contributed by atoms with Crippen molar-refractivity contribution < 1.29 is 19.4 Å². The third-order valence-electron chi connectivity index (χ3n) is 3.97. The van der Waals surface area contributed by atoms with Gasteiger partial charge in [0, 0.05) is 17.8 Å². The Morgan fingerprint density at radius 3 is 2.11 bits per heavy atom. The Hall–Kier alpha value is -3.49. The molecule has 2 rings (SSSR count). The highest BCUT2D eigenvalue weighted by Crippen LogP contribution is 2.24. The van der Waals surface area contributed by atoms with Crippen LogP contribution in [0.2, 0.25) is 0 Å². The van der Waals surface area contributed by atoms with Gasteiger partial charge in [0.2, 0.25) is 0 Å². The molecule has 0 fully saturated rings. The number of non-ortho nitro benzene ring substituents is 2. The van der Waals surface area contributed by atoms with Gasteiger partial charge in [0.1, 0.15) is 5.75 Å². The zero-order chi connectivity index (χ0) is 20.5. The van der Waals surface area contributed by atoms with E-state index >= 15 is 0 Å². The number of hydrogen-bond acceptors (Lipinski definition) is 6. The first-order valence-electron chi connectivity index (χ1n) is 8.88. The van der Waals surface area contributed by atoms with E-state index < -0.39 is 27.1 Å². The summed E-state index contributed by atoms with van der Waals surface area (Å²) in [4.78, 5) is 32.6. The highest BCUT2D eigenvalue weighted by molar-refractivity contribution is 6.05. The van der Waals surface area contributed by atoms with Crippen LogP contribution >= 0.6 is 0 Å². The van der Waals surface area contributed by atoms with Crippen molar-refractivity contribution in [1.82, 2.24) is 0 Å². The monoisotopic (exact) mass is 387 g/mol. The van der Waals surface area contributed by atoms with Crippen molar-refractivity contribution in [2.75, 3.05) is 11.9 Å². The standard InChI is InChI=1S/C19H21N3O6/c1-2-3-4-5-10-28-18-8-6-15(7-9-18)20-19(23)14-11-16(21(24)25)13-17(12-14)22(26)27/h6-9,11-13H,2-5,10H2,1H3,(H,20,23). The molecule has 0 bridgehead atoms. The highest BCUT2D eigenvalue weighted by Gasteiger charge is 2.20. The Labute approximate surface area is 161 Å². The summed E-state index contributed by atoms with van der Waals surface area (Å²) in [5, 5.41) is 24.4. The largest absolute Gasteiger partial charge is 0.494 e. The van der Waals surface area contributed by atoms with Gasteiger partial charge in [-0.3, -0.25) is 25.0 Å². The normalized spacial score (nSPS) is 10.3. The summed E-state index contributed by atoms with van der Waals surface area (Å²) < 4.78 is 5.62. The Balaban J connectivity index is 2.02. The quantitative estimate of drug-likeness (QED) is 0.357. The third kappa shape index (κ3) is 6.04. The molecule has 1 amide bonds. The van der Waals surface area contributed by atoms with Crippen LogP contribution in [0, 0.1) is 20.2 Å². The zero-order valence-corrected chi connectivity index (χ0v) is 15.4. The van der Waals surface area contributed by atoms with Crippen molar-refractivity contribution in [1.29, 1.82) is 0 Å². The summed E-state index contributed by atoms with van der Waals surface area (Å²) in [7, 11) is 0. The minimum atomic E-state index is -0.781. The van der Waals surface area contributed by atoms with Crippen LogP contribution in [0.25, 0.3) is 0 Å². The average molecular weight is 387 g/mol. The fourth-order valence-electron chi connectivity index (χ4n) is 2.49. The molecule has 2 aromatic rings. The number of benzene rings is 2. The smallest absolute Gasteiger partial charge is 0.277 e. The second-order valence-electron chi connectivity index (χ2n) is 6.14. The number of nitro groups is 2. The first kappa shape index (κ1) is 20.8. The fraction of sp³-hybridized carbons (Fsp3) is 0.316. The molecule has 1 N–H and O–H groups in total. The van der Waals surface area contributed by atoms with Gasteiger partial charge in [0.05, 0.1) is 28.1 Å². The number of amides is 1. The molecule has 0 saturated heterocycles. The van der Waals surface area contributed by atoms with Crippen LogP contribution in [0.1, 0.15) is 43.0 Å². The lowest BCUT2D eigenvalue weighted by atomic mass is 10.1. The second kappa shape index (κ2) is 10.0. The Morgan fingerprint density at radius 2 is 1.57 bits per heavy atom. The molecule has 9 nitrogen and oxygen atoms in total. The summed E-state index contributed by atoms with van der Waals surface area (Å²) in [6.45, 7) is 2.75. The van der Waals surface area contributed by atoms with Crippen molar-refractivity contribution in [2.45, 2.75) is 32.6 Å². The number of nitro benzene ring substituents is 2. The number of nitrogens with one attached hydrogen (secondary N) is 1. The second-order valence-corrected chi connectivity index (χ2v) is 6.14. The Morgan fingerprint density at radius 1 is 0.964 bits per heavy atom. The molecule has 28 heavy (non-hydrogen) atoms. The number of ether oxygens (including phenoxy) is 1. The molecule has 0 heterocycles. The number of carbonyl (C=O) groups excluding carboxylic acids is 1. The molecule has 148 valence electrons. The van der Waals surface area contributed by atoms with E-state index in [0.29, 0.717) is 18.0 Å². The molecule has 0 aliphatic heterocycles. The molecule has 9 heteroatoms. The molecule has 0 spiro atoms. The summed E-state index contributed by atoms with van der Waals surface area (Å²) >= 11 is 0. The van der Waals surface area contributed by atoms with Gasteiger partial charge in [0.15, 0.2) is 0 Å². The summed E-state index contributed by atoms with van der Waals surface area (Å²) in [6, 6.07) is 9.46. The van der Waals surface area contributed by atoms with E-state index in [1.807, 2.05) is 0 Å². The van der Waals surface area contributed by atoms with Gasteiger partial charge in [-0.15, -0.1) is 0 Å². The Kier molecular flexibility index (Phi) is 7.44. The Bertz CT molecular complexity index is 819. The number of nitrogens with zero attached hydrogens (tertiary/aromatic N) is 2. The van der Waals surface area contributed by atoms with Crippen LogP contribution in [-0.4, -0.2) is 22.4 Å². The highest BCUT2D eigenvalue weighted by atomic mass is 16.6. The van der Waals surface area contributed by atoms with Gasteiger partial charge in [-0.2, -0.15) is 0 Å². The molecule has 0 unspecified atom stereocenters. The minimum Gasteiger partial charge on any atom is -0.494 e. The van der Waals surface area contributed by atoms with Crippen LogP contribution in [0.4, 0.5) is 17.1 Å². The molecular formula is C19H21N3O6. The lowest BCUT2D eigenvalue weighted by Gasteiger charge is -2.08.